The average Bonchev–Trinajstić information content (AvgIpc) is 2.81. The summed E-state index contributed by atoms with van der Waals surface area (Å²) in [6, 6.07) is 1.90. The number of nitrogens with one attached hydrogen (secondary N) is 1. The molecule has 2 rings (SSSR count). The van der Waals surface area contributed by atoms with E-state index in [1.54, 1.807) is 6.20 Å². The number of aryl methyl sites for hydroxylation is 1. The Bertz CT molecular complexity index is 386. The van der Waals surface area contributed by atoms with Crippen LogP contribution in [-0.2, 0) is 0 Å². The standard InChI is InChI=1S/C13H21N3O/c1-10-4-7-15-12(11(10)14)16-8-13(9-17)5-2-3-6-13/h4,7,17H,2-3,5-6,8-9,14H2,1H3,(H,15,16). The molecule has 1 aromatic heterocycles. The van der Waals surface area contributed by atoms with Gasteiger partial charge in [-0.1, -0.05) is 12.8 Å². The number of pyridine rings is 1. The summed E-state index contributed by atoms with van der Waals surface area (Å²) in [5, 5.41) is 12.8. The first-order valence-corrected chi connectivity index (χ1v) is 6.23. The van der Waals surface area contributed by atoms with Gasteiger partial charge in [-0.2, -0.15) is 0 Å². The van der Waals surface area contributed by atoms with Gasteiger partial charge in [-0.15, -0.1) is 0 Å². The van der Waals surface area contributed by atoms with E-state index in [1.165, 1.54) is 12.8 Å². The fraction of sp³-hybridized carbons (Fsp3) is 0.615. The Morgan fingerprint density at radius 3 is 2.82 bits per heavy atom. The lowest BCUT2D eigenvalue weighted by molar-refractivity contribution is 0.142. The molecule has 0 radical (unpaired) electrons. The van der Waals surface area contributed by atoms with Gasteiger partial charge in [-0.25, -0.2) is 4.98 Å². The molecule has 1 fully saturated rings. The van der Waals surface area contributed by atoms with Gasteiger partial charge in [0.15, 0.2) is 0 Å². The molecule has 4 N–H and O–H groups in total. The molecular weight excluding hydrogens is 214 g/mol. The first kappa shape index (κ1) is 12.2. The molecule has 4 nitrogen and oxygen atoms in total. The molecule has 17 heavy (non-hydrogen) atoms. The Balaban J connectivity index is 2.04. The largest absolute Gasteiger partial charge is 0.396 e. The molecular formula is C13H21N3O. The van der Waals surface area contributed by atoms with Crippen LogP contribution in [0.3, 0.4) is 0 Å². The summed E-state index contributed by atoms with van der Waals surface area (Å²) in [7, 11) is 0. The number of nitrogens with zero attached hydrogens (tertiary/aromatic N) is 1. The van der Waals surface area contributed by atoms with Gasteiger partial charge in [-0.3, -0.25) is 0 Å². The van der Waals surface area contributed by atoms with Gasteiger partial charge in [0.1, 0.15) is 5.82 Å². The Morgan fingerprint density at radius 1 is 1.47 bits per heavy atom. The predicted octanol–water partition coefficient (Wildman–Crippen LogP) is 1.94. The van der Waals surface area contributed by atoms with Crippen LogP contribution in [0.2, 0.25) is 0 Å². The zero-order valence-electron chi connectivity index (χ0n) is 10.4. The molecule has 0 aliphatic heterocycles. The van der Waals surface area contributed by atoms with Crippen LogP contribution in [0.4, 0.5) is 11.5 Å². The summed E-state index contributed by atoms with van der Waals surface area (Å²) >= 11 is 0. The van der Waals surface area contributed by atoms with Crippen molar-refractivity contribution in [2.75, 3.05) is 24.2 Å². The zero-order valence-corrected chi connectivity index (χ0v) is 10.4. The third-order valence-corrected chi connectivity index (χ3v) is 3.84. The topological polar surface area (TPSA) is 71.2 Å². The molecule has 94 valence electrons. The number of rotatable bonds is 4. The summed E-state index contributed by atoms with van der Waals surface area (Å²) in [6.07, 6.45) is 6.34. The van der Waals surface area contributed by atoms with Gasteiger partial charge >= 0.3 is 0 Å². The molecule has 0 aromatic carbocycles. The number of aromatic nitrogens is 1. The number of hydrogen-bond donors (Lipinski definition) is 3. The SMILES string of the molecule is Cc1ccnc(NCC2(CO)CCCC2)c1N. The van der Waals surface area contributed by atoms with Crippen molar-refractivity contribution in [3.05, 3.63) is 17.8 Å². The maximum atomic E-state index is 9.53. The van der Waals surface area contributed by atoms with E-state index in [9.17, 15) is 5.11 Å². The monoisotopic (exact) mass is 235 g/mol. The number of aliphatic hydroxyl groups is 1. The van der Waals surface area contributed by atoms with Gasteiger partial charge in [0.2, 0.25) is 0 Å². The first-order chi connectivity index (χ1) is 8.17. The van der Waals surface area contributed by atoms with Crippen molar-refractivity contribution in [2.24, 2.45) is 5.41 Å². The molecule has 1 saturated carbocycles. The molecule has 0 saturated heterocycles. The number of anilines is 2. The first-order valence-electron chi connectivity index (χ1n) is 6.23. The highest BCUT2D eigenvalue weighted by molar-refractivity contribution is 5.64. The minimum absolute atomic E-state index is 0.0257. The van der Waals surface area contributed by atoms with Crippen molar-refractivity contribution < 1.29 is 5.11 Å². The Kier molecular flexibility index (Phi) is 3.52. The molecule has 0 bridgehead atoms. The summed E-state index contributed by atoms with van der Waals surface area (Å²) < 4.78 is 0. The van der Waals surface area contributed by atoms with Crippen LogP contribution in [-0.4, -0.2) is 23.2 Å². The number of aliphatic hydroxyl groups excluding tert-OH is 1. The number of nitrogens with two attached hydrogens (primary N) is 1. The van der Waals surface area contributed by atoms with Crippen LogP contribution in [0.1, 0.15) is 31.2 Å². The summed E-state index contributed by atoms with van der Waals surface area (Å²) in [6.45, 7) is 2.97. The fourth-order valence-electron chi connectivity index (χ4n) is 2.50. The molecule has 1 aliphatic carbocycles. The smallest absolute Gasteiger partial charge is 0.149 e. The lowest BCUT2D eigenvalue weighted by Gasteiger charge is -2.27. The second-order valence-electron chi connectivity index (χ2n) is 5.11. The van der Waals surface area contributed by atoms with Crippen LogP contribution in [0.25, 0.3) is 0 Å². The third kappa shape index (κ3) is 2.52. The Labute approximate surface area is 102 Å². The van der Waals surface area contributed by atoms with E-state index in [4.69, 9.17) is 5.73 Å². The molecule has 0 spiro atoms. The average molecular weight is 235 g/mol. The van der Waals surface area contributed by atoms with E-state index in [0.29, 0.717) is 5.69 Å². The lowest BCUT2D eigenvalue weighted by atomic mass is 9.87. The van der Waals surface area contributed by atoms with E-state index in [2.05, 4.69) is 10.3 Å². The molecule has 4 heteroatoms. The van der Waals surface area contributed by atoms with Crippen LogP contribution < -0.4 is 11.1 Å². The zero-order chi connectivity index (χ0) is 12.3. The van der Waals surface area contributed by atoms with Gasteiger partial charge in [-0.05, 0) is 31.4 Å². The summed E-state index contributed by atoms with van der Waals surface area (Å²) in [5.41, 5.74) is 7.73. The van der Waals surface area contributed by atoms with E-state index in [1.807, 2.05) is 13.0 Å². The van der Waals surface area contributed by atoms with Crippen molar-refractivity contribution in [3.8, 4) is 0 Å². The molecule has 0 atom stereocenters. The predicted molar refractivity (Wildman–Crippen MR) is 69.9 cm³/mol. The molecule has 1 aromatic rings. The Morgan fingerprint density at radius 2 is 2.18 bits per heavy atom. The van der Waals surface area contributed by atoms with E-state index in [0.717, 1.165) is 30.8 Å². The normalized spacial score (nSPS) is 18.2. The molecule has 0 unspecified atom stereocenters. The van der Waals surface area contributed by atoms with Gasteiger partial charge in [0, 0.05) is 18.2 Å². The van der Waals surface area contributed by atoms with E-state index in [-0.39, 0.29) is 12.0 Å². The number of hydrogen-bond acceptors (Lipinski definition) is 4. The summed E-state index contributed by atoms with van der Waals surface area (Å²) in [4.78, 5) is 4.25. The van der Waals surface area contributed by atoms with Crippen LogP contribution in [0.15, 0.2) is 12.3 Å². The van der Waals surface area contributed by atoms with Crippen molar-refractivity contribution in [1.82, 2.24) is 4.98 Å². The van der Waals surface area contributed by atoms with Gasteiger partial charge in [0.05, 0.1) is 12.3 Å². The van der Waals surface area contributed by atoms with Crippen LogP contribution in [0.5, 0.6) is 0 Å². The van der Waals surface area contributed by atoms with Gasteiger partial charge < -0.3 is 16.2 Å². The maximum absolute atomic E-state index is 9.53. The second kappa shape index (κ2) is 4.92. The van der Waals surface area contributed by atoms with Gasteiger partial charge in [0.25, 0.3) is 0 Å². The summed E-state index contributed by atoms with van der Waals surface area (Å²) in [5.74, 6) is 0.740. The van der Waals surface area contributed by atoms with E-state index < -0.39 is 0 Å². The lowest BCUT2D eigenvalue weighted by Crippen LogP contribution is -2.31. The minimum Gasteiger partial charge on any atom is -0.396 e. The van der Waals surface area contributed by atoms with Crippen molar-refractivity contribution >= 4 is 11.5 Å². The fourth-order valence-corrected chi connectivity index (χ4v) is 2.50. The van der Waals surface area contributed by atoms with E-state index >= 15 is 0 Å². The van der Waals surface area contributed by atoms with Crippen molar-refractivity contribution in [3.63, 3.8) is 0 Å². The molecule has 1 heterocycles. The second-order valence-corrected chi connectivity index (χ2v) is 5.11. The Hall–Kier alpha value is -1.29. The third-order valence-electron chi connectivity index (χ3n) is 3.84. The minimum atomic E-state index is 0.0257. The number of nitrogen functional groups attached to an aromatic ring is 1. The molecule has 1 aliphatic rings. The van der Waals surface area contributed by atoms with Crippen molar-refractivity contribution in [1.29, 1.82) is 0 Å². The maximum Gasteiger partial charge on any atom is 0.149 e. The highest BCUT2D eigenvalue weighted by Gasteiger charge is 2.33. The van der Waals surface area contributed by atoms with Crippen molar-refractivity contribution in [2.45, 2.75) is 32.6 Å². The van der Waals surface area contributed by atoms with Crippen LogP contribution in [0, 0.1) is 12.3 Å². The van der Waals surface area contributed by atoms with Crippen LogP contribution >= 0.6 is 0 Å². The molecule has 0 amide bonds. The highest BCUT2D eigenvalue weighted by atomic mass is 16.3. The highest BCUT2D eigenvalue weighted by Crippen LogP contribution is 2.37. The quantitative estimate of drug-likeness (QED) is 0.746.